The van der Waals surface area contributed by atoms with Crippen LogP contribution < -0.4 is 21.3 Å². The van der Waals surface area contributed by atoms with Crippen molar-refractivity contribution in [2.75, 3.05) is 19.7 Å². The molecule has 12 nitrogen and oxygen atoms in total. The predicted octanol–water partition coefficient (Wildman–Crippen LogP) is 8.92. The Morgan fingerprint density at radius 3 is 1.74 bits per heavy atom. The molecule has 0 radical (unpaired) electrons. The first-order valence-corrected chi connectivity index (χ1v) is 22.3. The number of nitrogens with one attached hydrogen (secondary N) is 4. The highest BCUT2D eigenvalue weighted by Gasteiger charge is 2.32. The van der Waals surface area contributed by atoms with Gasteiger partial charge in [-0.15, -0.1) is 0 Å². The lowest BCUT2D eigenvalue weighted by molar-refractivity contribution is -0.159. The molecule has 0 aromatic heterocycles. The molecule has 3 aromatic carbocycles. The molecule has 0 spiro atoms. The van der Waals surface area contributed by atoms with E-state index >= 15 is 0 Å². The average Bonchev–Trinajstić information content (AvgIpc) is 3.51. The molecule has 62 heavy (non-hydrogen) atoms. The fraction of sp³-hybridized carbons (Fsp3) is 0.540. The summed E-state index contributed by atoms with van der Waals surface area (Å²) < 4.78 is 16.8. The van der Waals surface area contributed by atoms with Crippen LogP contribution in [0.2, 0.25) is 0 Å². The van der Waals surface area contributed by atoms with Gasteiger partial charge < -0.3 is 35.5 Å². The van der Waals surface area contributed by atoms with Gasteiger partial charge in [-0.3, -0.25) is 9.59 Å². The monoisotopic (exact) mass is 855 g/mol. The summed E-state index contributed by atoms with van der Waals surface area (Å²) in [6, 6.07) is 22.6. The molecule has 0 bridgehead atoms. The lowest BCUT2D eigenvalue weighted by atomic mass is 9.98. The molecule has 12 heteroatoms. The number of carbonyl (C=O) groups is 5. The first-order valence-electron chi connectivity index (χ1n) is 22.3. The van der Waals surface area contributed by atoms with E-state index in [0.717, 1.165) is 41.5 Å². The van der Waals surface area contributed by atoms with Crippen molar-refractivity contribution in [1.82, 2.24) is 21.3 Å². The summed E-state index contributed by atoms with van der Waals surface area (Å²) in [5, 5.41) is 11.3. The summed E-state index contributed by atoms with van der Waals surface area (Å²) in [7, 11) is 0. The Morgan fingerprint density at radius 2 is 1.16 bits per heavy atom. The molecule has 2 unspecified atom stereocenters. The smallest absolute Gasteiger partial charge is 0.407 e. The molecule has 0 heterocycles. The van der Waals surface area contributed by atoms with E-state index in [-0.39, 0.29) is 31.3 Å². The maximum atomic E-state index is 14.0. The van der Waals surface area contributed by atoms with Gasteiger partial charge in [0.15, 0.2) is 0 Å². The van der Waals surface area contributed by atoms with Crippen LogP contribution in [-0.2, 0) is 41.4 Å². The van der Waals surface area contributed by atoms with Gasteiger partial charge in [-0.1, -0.05) is 86.6 Å². The molecular weight excluding hydrogens is 785 g/mol. The van der Waals surface area contributed by atoms with E-state index in [0.29, 0.717) is 51.1 Å². The average molecular weight is 855 g/mol. The van der Waals surface area contributed by atoms with E-state index in [1.54, 1.807) is 41.5 Å². The number of amides is 4. The highest BCUT2D eigenvalue weighted by Crippen LogP contribution is 2.44. The summed E-state index contributed by atoms with van der Waals surface area (Å²) >= 11 is 0. The maximum Gasteiger partial charge on any atom is 0.407 e. The van der Waals surface area contributed by atoms with Crippen LogP contribution in [0.1, 0.15) is 135 Å². The number of hydrogen-bond acceptors (Lipinski definition) is 8. The Labute approximate surface area is 369 Å². The number of ether oxygens (including phenoxy) is 3. The van der Waals surface area contributed by atoms with E-state index in [4.69, 9.17) is 14.2 Å². The van der Waals surface area contributed by atoms with Gasteiger partial charge in [0.1, 0.15) is 29.9 Å². The van der Waals surface area contributed by atoms with Crippen molar-refractivity contribution in [3.63, 3.8) is 0 Å². The summed E-state index contributed by atoms with van der Waals surface area (Å²) in [4.78, 5) is 65.6. The number of fused-ring (bicyclic) bond motifs is 3. The van der Waals surface area contributed by atoms with Gasteiger partial charge in [-0.2, -0.15) is 0 Å². The summed E-state index contributed by atoms with van der Waals surface area (Å²) in [6.45, 7) is 15.8. The zero-order chi connectivity index (χ0) is 45.3. The minimum absolute atomic E-state index is 0.0260. The van der Waals surface area contributed by atoms with Crippen LogP contribution in [0.25, 0.3) is 11.1 Å². The van der Waals surface area contributed by atoms with Crippen molar-refractivity contribution in [3.8, 4) is 11.1 Å². The van der Waals surface area contributed by atoms with Crippen molar-refractivity contribution < 1.29 is 38.2 Å². The van der Waals surface area contributed by atoms with Gasteiger partial charge in [-0.05, 0) is 139 Å². The second kappa shape index (κ2) is 23.7. The molecule has 0 aliphatic heterocycles. The number of carbonyl (C=O) groups excluding carboxylic acids is 5. The molecule has 0 fully saturated rings. The van der Waals surface area contributed by atoms with Crippen molar-refractivity contribution >= 4 is 30.0 Å². The summed E-state index contributed by atoms with van der Waals surface area (Å²) in [6.07, 6.45) is 4.28. The molecule has 4 amide bonds. The Kier molecular flexibility index (Phi) is 18.9. The van der Waals surface area contributed by atoms with Crippen molar-refractivity contribution in [3.05, 3.63) is 95.1 Å². The number of hydrogen-bond donors (Lipinski definition) is 4. The second-order valence-electron chi connectivity index (χ2n) is 18.7. The molecule has 4 rings (SSSR count). The van der Waals surface area contributed by atoms with Crippen molar-refractivity contribution in [1.29, 1.82) is 0 Å². The van der Waals surface area contributed by atoms with Crippen molar-refractivity contribution in [2.24, 2.45) is 5.92 Å². The van der Waals surface area contributed by atoms with Crippen molar-refractivity contribution in [2.45, 2.75) is 149 Å². The Hall–Kier alpha value is -5.39. The zero-order valence-corrected chi connectivity index (χ0v) is 38.2. The number of alkyl carbamates (subject to hydrolysis) is 2. The highest BCUT2D eigenvalue weighted by molar-refractivity contribution is 5.90. The summed E-state index contributed by atoms with van der Waals surface area (Å²) in [5.41, 5.74) is 5.41. The SMILES string of the molecule is CC(C)Cc1ccc(CCCC(=O)NCCCCC(NC(=O)C(CCCCNC(=O)OC(C)(C)C)NC(=O)OCC2c3ccccc3-c3ccccc32)C(=O)OC(C)(C)C)cc1. The zero-order valence-electron chi connectivity index (χ0n) is 38.2. The molecule has 3 aromatic rings. The Bertz CT molecular complexity index is 1890. The lowest BCUT2D eigenvalue weighted by Crippen LogP contribution is -2.52. The van der Waals surface area contributed by atoms with Crippen LogP contribution in [-0.4, -0.2) is 73.0 Å². The van der Waals surface area contributed by atoms with Gasteiger partial charge in [0.05, 0.1) is 0 Å². The molecule has 0 saturated heterocycles. The van der Waals surface area contributed by atoms with Gasteiger partial charge in [0.2, 0.25) is 11.8 Å². The third kappa shape index (κ3) is 17.2. The van der Waals surface area contributed by atoms with Crippen LogP contribution in [0.4, 0.5) is 9.59 Å². The molecule has 1 aliphatic carbocycles. The van der Waals surface area contributed by atoms with Gasteiger partial charge in [-0.25, -0.2) is 14.4 Å². The van der Waals surface area contributed by atoms with Crippen LogP contribution in [0.3, 0.4) is 0 Å². The highest BCUT2D eigenvalue weighted by atomic mass is 16.6. The third-order valence-electron chi connectivity index (χ3n) is 10.3. The number of unbranched alkanes of at least 4 members (excludes halogenated alkanes) is 2. The van der Waals surface area contributed by atoms with Crippen LogP contribution in [0, 0.1) is 5.92 Å². The van der Waals surface area contributed by atoms with Crippen LogP contribution in [0.5, 0.6) is 0 Å². The number of rotatable bonds is 22. The largest absolute Gasteiger partial charge is 0.458 e. The standard InChI is InChI=1S/C50H70N4O8/c1-34(2)32-36-28-26-35(27-29-36)18-17-25-44(55)51-30-15-14-24-43(46(57)61-49(3,4)5)53-45(56)42(23-13-16-31-52-47(58)62-50(6,7)8)54-48(59)60-33-41-39-21-11-9-19-37(39)38-20-10-12-22-40(38)41/h9-12,19-22,26-29,34,41-43H,13-18,23-25,30-33H2,1-8H3,(H,51,55)(H,52,58)(H,53,56)(H,54,59). The fourth-order valence-corrected chi connectivity index (χ4v) is 7.48. The van der Waals surface area contributed by atoms with Crippen LogP contribution >= 0.6 is 0 Å². The topological polar surface area (TPSA) is 161 Å². The second-order valence-corrected chi connectivity index (χ2v) is 18.7. The number of aryl methyl sites for hydroxylation is 1. The van der Waals surface area contributed by atoms with E-state index < -0.39 is 47.3 Å². The third-order valence-corrected chi connectivity index (χ3v) is 10.3. The molecule has 2 atom stereocenters. The van der Waals surface area contributed by atoms with Crippen LogP contribution in [0.15, 0.2) is 72.8 Å². The Morgan fingerprint density at radius 1 is 0.613 bits per heavy atom. The first-order chi connectivity index (χ1) is 29.4. The van der Waals surface area contributed by atoms with E-state index in [9.17, 15) is 24.0 Å². The van der Waals surface area contributed by atoms with Gasteiger partial charge in [0.25, 0.3) is 0 Å². The van der Waals surface area contributed by atoms with E-state index in [2.05, 4.69) is 71.5 Å². The maximum absolute atomic E-state index is 14.0. The minimum atomic E-state index is -1.05. The quantitative estimate of drug-likeness (QED) is 0.0443. The van der Waals surface area contributed by atoms with E-state index in [1.165, 1.54) is 11.1 Å². The fourth-order valence-electron chi connectivity index (χ4n) is 7.48. The first kappa shape index (κ1) is 49.3. The molecule has 4 N–H and O–H groups in total. The number of esters is 1. The summed E-state index contributed by atoms with van der Waals surface area (Å²) in [5.74, 6) is -0.736. The molecular formula is C50H70N4O8. The van der Waals surface area contributed by atoms with E-state index in [1.807, 2.05) is 36.4 Å². The van der Waals surface area contributed by atoms with Gasteiger partial charge in [0, 0.05) is 25.4 Å². The van der Waals surface area contributed by atoms with Gasteiger partial charge >= 0.3 is 18.2 Å². The normalized spacial score (nSPS) is 13.3. The number of benzene rings is 3. The lowest BCUT2D eigenvalue weighted by Gasteiger charge is -2.26. The minimum Gasteiger partial charge on any atom is -0.458 e. The molecule has 0 saturated carbocycles. The predicted molar refractivity (Wildman–Crippen MR) is 243 cm³/mol. The Balaban J connectivity index is 1.32. The molecule has 338 valence electrons. The molecule has 1 aliphatic rings.